The molecule has 1 aromatic carbocycles. The Morgan fingerprint density at radius 3 is 2.59 bits per heavy atom. The molecular formula is C17H22N4O. The van der Waals surface area contributed by atoms with Crippen LogP contribution in [0.25, 0.3) is 0 Å². The Labute approximate surface area is 131 Å². The number of rotatable bonds is 3. The minimum absolute atomic E-state index is 0.0245. The summed E-state index contributed by atoms with van der Waals surface area (Å²) in [6.07, 6.45) is 8.05. The summed E-state index contributed by atoms with van der Waals surface area (Å²) in [5.41, 5.74) is 5.15. The van der Waals surface area contributed by atoms with Crippen molar-refractivity contribution in [1.82, 2.24) is 14.8 Å². The first kappa shape index (κ1) is 14.8. The molecule has 0 radical (unpaired) electrons. The Bertz CT molecular complexity index is 674. The fraction of sp³-hybridized carbons (Fsp3) is 0.471. The van der Waals surface area contributed by atoms with Gasteiger partial charge in [0.25, 0.3) is 0 Å². The van der Waals surface area contributed by atoms with Gasteiger partial charge < -0.3 is 4.84 Å². The Hall–Kier alpha value is -2.17. The number of fused-ring (bicyclic) bond motifs is 1. The lowest BCUT2D eigenvalue weighted by Crippen LogP contribution is -2.18. The molecule has 3 rings (SSSR count). The molecule has 0 bridgehead atoms. The number of aryl methyl sites for hydroxylation is 3. The lowest BCUT2D eigenvalue weighted by molar-refractivity contribution is 0.0851. The van der Waals surface area contributed by atoms with Crippen molar-refractivity contribution in [1.29, 1.82) is 0 Å². The van der Waals surface area contributed by atoms with Gasteiger partial charge in [0.05, 0.1) is 0 Å². The Morgan fingerprint density at radius 1 is 1.23 bits per heavy atom. The van der Waals surface area contributed by atoms with Crippen LogP contribution in [-0.2, 0) is 17.7 Å². The molecule has 0 saturated carbocycles. The first-order valence-corrected chi connectivity index (χ1v) is 7.86. The molecule has 5 heteroatoms. The normalized spacial score (nSPS) is 15.0. The van der Waals surface area contributed by atoms with E-state index in [1.165, 1.54) is 42.3 Å². The minimum atomic E-state index is 0.0245. The van der Waals surface area contributed by atoms with E-state index in [9.17, 15) is 0 Å². The molecule has 0 aliphatic heterocycles. The highest BCUT2D eigenvalue weighted by atomic mass is 16.6. The third kappa shape index (κ3) is 3.03. The number of oxime groups is 1. The molecule has 1 heterocycles. The summed E-state index contributed by atoms with van der Waals surface area (Å²) in [6, 6.07) is 4.53. The predicted molar refractivity (Wildman–Crippen MR) is 86.0 cm³/mol. The second-order valence-corrected chi connectivity index (χ2v) is 6.05. The first-order chi connectivity index (χ1) is 10.6. The number of hydrogen-bond acceptors (Lipinski definition) is 4. The van der Waals surface area contributed by atoms with Gasteiger partial charge in [-0.25, -0.2) is 4.98 Å². The zero-order valence-corrected chi connectivity index (χ0v) is 13.4. The van der Waals surface area contributed by atoms with Crippen LogP contribution in [0.2, 0.25) is 0 Å². The second kappa shape index (κ2) is 6.30. The lowest BCUT2D eigenvalue weighted by Gasteiger charge is -2.19. The molecule has 2 aromatic rings. The average molecular weight is 298 g/mol. The summed E-state index contributed by atoms with van der Waals surface area (Å²) in [5, 5.41) is 8.54. The monoisotopic (exact) mass is 298 g/mol. The average Bonchev–Trinajstić information content (AvgIpc) is 3.01. The highest BCUT2D eigenvalue weighted by Gasteiger charge is 2.17. The van der Waals surface area contributed by atoms with Crippen molar-refractivity contribution in [3.8, 4) is 0 Å². The van der Waals surface area contributed by atoms with Crippen molar-refractivity contribution in [2.75, 3.05) is 0 Å². The molecule has 5 nitrogen and oxygen atoms in total. The molecule has 0 spiro atoms. The summed E-state index contributed by atoms with van der Waals surface area (Å²) < 4.78 is 1.67. The van der Waals surface area contributed by atoms with Crippen LogP contribution in [0.1, 0.15) is 48.9 Å². The largest absolute Gasteiger partial charge is 0.391 e. The van der Waals surface area contributed by atoms with Gasteiger partial charge in [-0.2, -0.15) is 9.78 Å². The Kier molecular flexibility index (Phi) is 4.22. The van der Waals surface area contributed by atoms with Gasteiger partial charge >= 0.3 is 0 Å². The third-order valence-corrected chi connectivity index (χ3v) is 3.92. The van der Waals surface area contributed by atoms with E-state index in [0.29, 0.717) is 5.84 Å². The van der Waals surface area contributed by atoms with E-state index in [4.69, 9.17) is 4.84 Å². The van der Waals surface area contributed by atoms with Crippen LogP contribution in [0.15, 0.2) is 29.9 Å². The highest BCUT2D eigenvalue weighted by molar-refractivity contribution is 6.00. The topological polar surface area (TPSA) is 52.3 Å². The summed E-state index contributed by atoms with van der Waals surface area (Å²) in [4.78, 5) is 9.51. The number of nitrogens with zero attached hydrogens (tertiary/aromatic N) is 4. The molecule has 1 aromatic heterocycles. The summed E-state index contributed by atoms with van der Waals surface area (Å²) >= 11 is 0. The van der Waals surface area contributed by atoms with E-state index in [2.05, 4.69) is 34.3 Å². The van der Waals surface area contributed by atoms with Gasteiger partial charge in [-0.15, -0.1) is 0 Å². The fourth-order valence-electron chi connectivity index (χ4n) is 2.84. The minimum Gasteiger partial charge on any atom is -0.391 e. The molecule has 116 valence electrons. The zero-order chi connectivity index (χ0) is 15.5. The molecule has 0 saturated heterocycles. The SMILES string of the molecule is Cc1cc2c(cc1/C(=N/OC(C)C)n1cncn1)CCCC2. The van der Waals surface area contributed by atoms with Gasteiger partial charge in [-0.3, -0.25) is 0 Å². The van der Waals surface area contributed by atoms with Crippen LogP contribution >= 0.6 is 0 Å². The molecule has 1 aliphatic carbocycles. The van der Waals surface area contributed by atoms with E-state index in [0.717, 1.165) is 12.0 Å². The van der Waals surface area contributed by atoms with Gasteiger partial charge in [-0.1, -0.05) is 11.2 Å². The quantitative estimate of drug-likeness (QED) is 0.497. The van der Waals surface area contributed by atoms with Gasteiger partial charge in [0, 0.05) is 5.56 Å². The molecular weight excluding hydrogens is 276 g/mol. The molecule has 0 unspecified atom stereocenters. The molecule has 22 heavy (non-hydrogen) atoms. The third-order valence-electron chi connectivity index (χ3n) is 3.92. The smallest absolute Gasteiger partial charge is 0.201 e. The van der Waals surface area contributed by atoms with E-state index in [1.807, 2.05) is 13.8 Å². The second-order valence-electron chi connectivity index (χ2n) is 6.05. The fourth-order valence-corrected chi connectivity index (χ4v) is 2.84. The van der Waals surface area contributed by atoms with Crippen molar-refractivity contribution < 1.29 is 4.84 Å². The van der Waals surface area contributed by atoms with Gasteiger partial charge in [0.1, 0.15) is 18.8 Å². The van der Waals surface area contributed by atoms with Crippen molar-refractivity contribution in [2.24, 2.45) is 5.16 Å². The molecule has 1 aliphatic rings. The molecule has 0 fully saturated rings. The van der Waals surface area contributed by atoms with Crippen LogP contribution in [0.3, 0.4) is 0 Å². The summed E-state index contributed by atoms with van der Waals surface area (Å²) in [6.45, 7) is 6.04. The lowest BCUT2D eigenvalue weighted by atomic mass is 9.88. The van der Waals surface area contributed by atoms with E-state index in [1.54, 1.807) is 11.0 Å². The maximum Gasteiger partial charge on any atom is 0.201 e. The standard InChI is InChI=1S/C17H22N4O/c1-12(2)22-20-17(21-11-18-10-19-21)16-9-15-7-5-4-6-14(15)8-13(16)3/h8-12H,4-7H2,1-3H3/b20-17-. The maximum absolute atomic E-state index is 5.48. The highest BCUT2D eigenvalue weighted by Crippen LogP contribution is 2.25. The van der Waals surface area contributed by atoms with Crippen LogP contribution in [0, 0.1) is 6.92 Å². The summed E-state index contributed by atoms with van der Waals surface area (Å²) in [7, 11) is 0. The van der Waals surface area contributed by atoms with Crippen LogP contribution in [0.5, 0.6) is 0 Å². The van der Waals surface area contributed by atoms with Gasteiger partial charge in [0.2, 0.25) is 5.84 Å². The van der Waals surface area contributed by atoms with Crippen molar-refractivity contribution in [2.45, 2.75) is 52.6 Å². The summed E-state index contributed by atoms with van der Waals surface area (Å²) in [5.74, 6) is 0.692. The number of aromatic nitrogens is 3. The molecule has 0 atom stereocenters. The van der Waals surface area contributed by atoms with Crippen molar-refractivity contribution >= 4 is 5.84 Å². The Morgan fingerprint density at radius 2 is 1.95 bits per heavy atom. The van der Waals surface area contributed by atoms with Crippen LogP contribution in [-0.4, -0.2) is 26.7 Å². The van der Waals surface area contributed by atoms with Crippen molar-refractivity contribution in [3.63, 3.8) is 0 Å². The maximum atomic E-state index is 5.48. The van der Waals surface area contributed by atoms with E-state index >= 15 is 0 Å². The number of benzene rings is 1. The van der Waals surface area contributed by atoms with Crippen molar-refractivity contribution in [3.05, 3.63) is 47.0 Å². The Balaban J connectivity index is 2.06. The van der Waals surface area contributed by atoms with Crippen LogP contribution in [0.4, 0.5) is 0 Å². The molecule has 0 N–H and O–H groups in total. The number of hydrogen-bond donors (Lipinski definition) is 0. The zero-order valence-electron chi connectivity index (χ0n) is 13.4. The van der Waals surface area contributed by atoms with E-state index in [-0.39, 0.29) is 6.10 Å². The van der Waals surface area contributed by atoms with Gasteiger partial charge in [0.15, 0.2) is 0 Å². The molecule has 0 amide bonds. The van der Waals surface area contributed by atoms with E-state index < -0.39 is 0 Å². The first-order valence-electron chi connectivity index (χ1n) is 7.86. The van der Waals surface area contributed by atoms with Gasteiger partial charge in [-0.05, 0) is 69.2 Å². The predicted octanol–water partition coefficient (Wildman–Crippen LogP) is 3.10. The van der Waals surface area contributed by atoms with Crippen LogP contribution < -0.4 is 0 Å².